The Morgan fingerprint density at radius 3 is 2.85 bits per heavy atom. The minimum absolute atomic E-state index is 0.0962. The molecule has 1 rings (SSSR count). The van der Waals surface area contributed by atoms with Crippen molar-refractivity contribution in [3.63, 3.8) is 0 Å². The van der Waals surface area contributed by atoms with Gasteiger partial charge in [-0.05, 0) is 6.92 Å². The highest BCUT2D eigenvalue weighted by molar-refractivity contribution is 7.10. The summed E-state index contributed by atoms with van der Waals surface area (Å²) < 4.78 is 3.63. The van der Waals surface area contributed by atoms with E-state index in [4.69, 9.17) is 5.73 Å². The highest BCUT2D eigenvalue weighted by Crippen LogP contribution is 2.11. The Morgan fingerprint density at radius 2 is 2.38 bits per heavy atom. The zero-order valence-electron chi connectivity index (χ0n) is 7.52. The predicted octanol–water partition coefficient (Wildman–Crippen LogP) is 0.460. The third kappa shape index (κ3) is 2.74. The van der Waals surface area contributed by atoms with E-state index >= 15 is 0 Å². The summed E-state index contributed by atoms with van der Waals surface area (Å²) in [6.45, 7) is 3.59. The molecule has 0 aromatic carbocycles. The van der Waals surface area contributed by atoms with Crippen molar-refractivity contribution >= 4 is 22.4 Å². The van der Waals surface area contributed by atoms with E-state index < -0.39 is 0 Å². The highest BCUT2D eigenvalue weighted by atomic mass is 32.1. The van der Waals surface area contributed by atoms with Crippen LogP contribution in [0, 0.1) is 5.92 Å². The number of aromatic nitrogens is 2. The van der Waals surface area contributed by atoms with Crippen LogP contribution in [0.15, 0.2) is 6.20 Å². The number of carbonyl (C=O) groups excluding carboxylic acids is 1. The molecule has 0 aliphatic carbocycles. The van der Waals surface area contributed by atoms with Crippen LogP contribution in [0.25, 0.3) is 0 Å². The molecular formula is C7H12N4OS. The number of amides is 1. The van der Waals surface area contributed by atoms with Crippen molar-refractivity contribution in [1.29, 1.82) is 0 Å². The molecule has 1 heterocycles. The van der Waals surface area contributed by atoms with Crippen LogP contribution in [0.1, 0.15) is 13.8 Å². The number of rotatable bonds is 3. The minimum Gasteiger partial charge on any atom is -0.327 e. The number of nitrogens with two attached hydrogens (primary N) is 1. The fourth-order valence-corrected chi connectivity index (χ4v) is 1.12. The average Bonchev–Trinajstić information content (AvgIpc) is 2.55. The van der Waals surface area contributed by atoms with Gasteiger partial charge in [0, 0.05) is 17.6 Å². The second-order valence-corrected chi connectivity index (χ2v) is 3.70. The van der Waals surface area contributed by atoms with Crippen LogP contribution in [0.5, 0.6) is 0 Å². The summed E-state index contributed by atoms with van der Waals surface area (Å²) in [5, 5.41) is 6.93. The van der Waals surface area contributed by atoms with Gasteiger partial charge in [-0.25, -0.2) is 0 Å². The van der Waals surface area contributed by atoms with Crippen molar-refractivity contribution in [2.45, 2.75) is 19.9 Å². The molecule has 0 bridgehead atoms. The van der Waals surface area contributed by atoms with E-state index in [0.29, 0.717) is 5.00 Å². The molecule has 2 unspecified atom stereocenters. The first-order valence-corrected chi connectivity index (χ1v) is 4.72. The van der Waals surface area contributed by atoms with Crippen LogP contribution in [-0.2, 0) is 4.79 Å². The van der Waals surface area contributed by atoms with Crippen LogP contribution < -0.4 is 11.1 Å². The van der Waals surface area contributed by atoms with Crippen LogP contribution in [0.2, 0.25) is 0 Å². The average molecular weight is 200 g/mol. The molecule has 2 atom stereocenters. The Hall–Kier alpha value is -1.01. The third-order valence-corrected chi connectivity index (χ3v) is 2.39. The molecule has 0 saturated heterocycles. The first-order valence-electron chi connectivity index (χ1n) is 3.95. The molecule has 1 aromatic heterocycles. The fraction of sp³-hybridized carbons (Fsp3) is 0.571. The molecule has 13 heavy (non-hydrogen) atoms. The van der Waals surface area contributed by atoms with Crippen LogP contribution in [0.4, 0.5) is 5.00 Å². The second kappa shape index (κ2) is 4.29. The summed E-state index contributed by atoms with van der Waals surface area (Å²) >= 11 is 1.15. The number of carbonyl (C=O) groups is 1. The van der Waals surface area contributed by atoms with Crippen LogP contribution >= 0.6 is 11.5 Å². The van der Waals surface area contributed by atoms with Crippen molar-refractivity contribution < 1.29 is 4.79 Å². The van der Waals surface area contributed by atoms with Crippen LogP contribution in [0.3, 0.4) is 0 Å². The van der Waals surface area contributed by atoms with Gasteiger partial charge in [0.2, 0.25) is 5.91 Å². The third-order valence-electron chi connectivity index (χ3n) is 1.81. The summed E-state index contributed by atoms with van der Waals surface area (Å²) in [5.74, 6) is -0.303. The van der Waals surface area contributed by atoms with Crippen molar-refractivity contribution in [1.82, 2.24) is 9.59 Å². The first-order chi connectivity index (χ1) is 6.11. The summed E-state index contributed by atoms with van der Waals surface area (Å²) in [6, 6.07) is -0.152. The fourth-order valence-electron chi connectivity index (χ4n) is 0.696. The monoisotopic (exact) mass is 200 g/mol. The maximum absolute atomic E-state index is 11.4. The number of anilines is 1. The molecule has 5 nitrogen and oxygen atoms in total. The standard InChI is InChI=1S/C7H12N4OS/c1-4(5(2)8)7(12)10-6-3-9-11-13-6/h3-5H,8H2,1-2H3,(H,10,12). The van der Waals surface area contributed by atoms with E-state index in [0.717, 1.165) is 11.5 Å². The van der Waals surface area contributed by atoms with Gasteiger partial charge in [0.05, 0.1) is 12.1 Å². The van der Waals surface area contributed by atoms with E-state index in [1.165, 1.54) is 6.20 Å². The molecule has 0 saturated carbocycles. The van der Waals surface area contributed by atoms with Gasteiger partial charge < -0.3 is 11.1 Å². The van der Waals surface area contributed by atoms with E-state index in [1.54, 1.807) is 13.8 Å². The van der Waals surface area contributed by atoms with E-state index in [-0.39, 0.29) is 17.9 Å². The zero-order chi connectivity index (χ0) is 9.84. The minimum atomic E-state index is -0.206. The number of nitrogens with one attached hydrogen (secondary N) is 1. The molecule has 6 heteroatoms. The Balaban J connectivity index is 2.51. The number of hydrogen-bond acceptors (Lipinski definition) is 5. The lowest BCUT2D eigenvalue weighted by molar-refractivity contribution is -0.119. The van der Waals surface area contributed by atoms with Gasteiger partial charge in [0.15, 0.2) is 0 Å². The van der Waals surface area contributed by atoms with Gasteiger partial charge in [-0.3, -0.25) is 4.79 Å². The maximum Gasteiger partial charge on any atom is 0.229 e. The predicted molar refractivity (Wildman–Crippen MR) is 51.4 cm³/mol. The summed E-state index contributed by atoms with van der Waals surface area (Å²) in [5.41, 5.74) is 5.58. The smallest absolute Gasteiger partial charge is 0.229 e. The van der Waals surface area contributed by atoms with Crippen LogP contribution in [-0.4, -0.2) is 21.5 Å². The van der Waals surface area contributed by atoms with Gasteiger partial charge in [0.25, 0.3) is 0 Å². The first kappa shape index (κ1) is 10.1. The summed E-state index contributed by atoms with van der Waals surface area (Å²) in [7, 11) is 0. The summed E-state index contributed by atoms with van der Waals surface area (Å²) in [4.78, 5) is 11.4. The van der Waals surface area contributed by atoms with E-state index in [1.807, 2.05) is 0 Å². The van der Waals surface area contributed by atoms with Gasteiger partial charge in [-0.15, -0.1) is 5.10 Å². The Bertz CT molecular complexity index is 272. The highest BCUT2D eigenvalue weighted by Gasteiger charge is 2.17. The molecule has 3 N–H and O–H groups in total. The number of nitrogens with zero attached hydrogens (tertiary/aromatic N) is 2. The molecule has 0 fully saturated rings. The molecule has 0 spiro atoms. The van der Waals surface area contributed by atoms with E-state index in [9.17, 15) is 4.79 Å². The van der Waals surface area contributed by atoms with Crippen molar-refractivity contribution in [2.24, 2.45) is 11.7 Å². The molecular weight excluding hydrogens is 188 g/mol. The van der Waals surface area contributed by atoms with Crippen molar-refractivity contribution in [2.75, 3.05) is 5.32 Å². The molecule has 72 valence electrons. The topological polar surface area (TPSA) is 80.9 Å². The van der Waals surface area contributed by atoms with E-state index in [2.05, 4.69) is 14.9 Å². The second-order valence-electron chi connectivity index (χ2n) is 2.92. The summed E-state index contributed by atoms with van der Waals surface area (Å²) in [6.07, 6.45) is 1.51. The molecule has 1 aromatic rings. The molecule has 0 aliphatic rings. The Kier molecular flexibility index (Phi) is 3.32. The van der Waals surface area contributed by atoms with Gasteiger partial charge >= 0.3 is 0 Å². The van der Waals surface area contributed by atoms with Gasteiger partial charge in [0.1, 0.15) is 5.00 Å². The normalized spacial score (nSPS) is 15.0. The van der Waals surface area contributed by atoms with Crippen molar-refractivity contribution in [3.05, 3.63) is 6.20 Å². The Morgan fingerprint density at radius 1 is 1.69 bits per heavy atom. The largest absolute Gasteiger partial charge is 0.327 e. The lowest BCUT2D eigenvalue weighted by Crippen LogP contribution is -2.34. The lowest BCUT2D eigenvalue weighted by atomic mass is 10.0. The maximum atomic E-state index is 11.4. The Labute approximate surface area is 80.5 Å². The van der Waals surface area contributed by atoms with Gasteiger partial charge in [-0.2, -0.15) is 0 Å². The molecule has 0 radical (unpaired) electrons. The van der Waals surface area contributed by atoms with Crippen molar-refractivity contribution in [3.8, 4) is 0 Å². The zero-order valence-corrected chi connectivity index (χ0v) is 8.34. The SMILES string of the molecule is CC(N)C(C)C(=O)Nc1cnns1. The lowest BCUT2D eigenvalue weighted by Gasteiger charge is -2.13. The number of hydrogen-bond donors (Lipinski definition) is 2. The molecule has 1 amide bonds. The van der Waals surface area contributed by atoms with Gasteiger partial charge in [-0.1, -0.05) is 11.4 Å². The molecule has 0 aliphatic heterocycles. The quantitative estimate of drug-likeness (QED) is 0.742.